The molecule has 1 rings (SSSR count). The van der Waals surface area contributed by atoms with Crippen LogP contribution >= 0.6 is 0 Å². The number of esters is 1. The van der Waals surface area contributed by atoms with E-state index >= 15 is 0 Å². The van der Waals surface area contributed by atoms with Crippen molar-refractivity contribution >= 4 is 12.2 Å². The molecule has 4 nitrogen and oxygen atoms in total. The second-order valence-corrected chi connectivity index (χ2v) is 2.47. The normalized spacial score (nSPS) is 10.6. The van der Waals surface area contributed by atoms with Crippen LogP contribution in [0.1, 0.15) is 18.4 Å². The quantitative estimate of drug-likeness (QED) is 0.523. The number of rotatable bonds is 3. The molecule has 13 heavy (non-hydrogen) atoms. The highest BCUT2D eigenvalue weighted by Gasteiger charge is 2.01. The van der Waals surface area contributed by atoms with E-state index in [1.165, 1.54) is 6.92 Å². The van der Waals surface area contributed by atoms with Crippen LogP contribution in [0.15, 0.2) is 21.5 Å². The molecule has 0 amide bonds. The molecule has 0 aromatic carbocycles. The topological polar surface area (TPSA) is 51.8 Å². The number of aliphatic imine (C=N–C) groups is 1. The summed E-state index contributed by atoms with van der Waals surface area (Å²) in [5.41, 5.74) is 0. The molecule has 0 aliphatic heterocycles. The lowest BCUT2D eigenvalue weighted by Crippen LogP contribution is -1.97. The molecule has 1 aromatic rings. The lowest BCUT2D eigenvalue weighted by molar-refractivity contribution is -0.142. The maximum Gasteiger partial charge on any atom is 0.303 e. The van der Waals surface area contributed by atoms with Crippen LogP contribution in [0.25, 0.3) is 0 Å². The molecule has 70 valence electrons. The number of hydrogen-bond donors (Lipinski definition) is 0. The Morgan fingerprint density at radius 2 is 2.46 bits per heavy atom. The predicted octanol–water partition coefficient (Wildman–Crippen LogP) is 1.39. The number of nitrogens with zero attached hydrogens (tertiary/aromatic N) is 1. The third-order valence-electron chi connectivity index (χ3n) is 1.36. The van der Waals surface area contributed by atoms with Gasteiger partial charge in [0.2, 0.25) is 0 Å². The van der Waals surface area contributed by atoms with E-state index in [0.717, 1.165) is 0 Å². The SMILES string of the molecule is C/N=C/c1ccc(COC(C)=O)o1. The third kappa shape index (κ3) is 3.11. The van der Waals surface area contributed by atoms with Gasteiger partial charge in [0.05, 0.1) is 6.21 Å². The average Bonchev–Trinajstić information content (AvgIpc) is 2.50. The minimum absolute atomic E-state index is 0.173. The van der Waals surface area contributed by atoms with E-state index in [0.29, 0.717) is 11.5 Å². The molecule has 0 atom stereocenters. The fourth-order valence-corrected chi connectivity index (χ4v) is 0.841. The second kappa shape index (κ2) is 4.45. The molecule has 0 saturated heterocycles. The number of carbonyl (C=O) groups excluding carboxylic acids is 1. The molecular formula is C9H11NO3. The summed E-state index contributed by atoms with van der Waals surface area (Å²) in [5, 5.41) is 0. The Morgan fingerprint density at radius 3 is 3.08 bits per heavy atom. The van der Waals surface area contributed by atoms with Crippen LogP contribution in [-0.2, 0) is 16.1 Å². The highest BCUT2D eigenvalue weighted by atomic mass is 16.5. The minimum atomic E-state index is -0.317. The Hall–Kier alpha value is -1.58. The van der Waals surface area contributed by atoms with E-state index in [-0.39, 0.29) is 12.6 Å². The summed E-state index contributed by atoms with van der Waals surface area (Å²) in [6, 6.07) is 3.52. The van der Waals surface area contributed by atoms with Gasteiger partial charge in [-0.1, -0.05) is 0 Å². The van der Waals surface area contributed by atoms with Gasteiger partial charge in [0.1, 0.15) is 18.1 Å². The van der Waals surface area contributed by atoms with E-state index in [9.17, 15) is 4.79 Å². The highest BCUT2D eigenvalue weighted by Crippen LogP contribution is 2.06. The van der Waals surface area contributed by atoms with Crippen molar-refractivity contribution in [2.24, 2.45) is 4.99 Å². The Labute approximate surface area is 76.2 Å². The third-order valence-corrected chi connectivity index (χ3v) is 1.36. The smallest absolute Gasteiger partial charge is 0.303 e. The Morgan fingerprint density at radius 1 is 1.69 bits per heavy atom. The fraction of sp³-hybridized carbons (Fsp3) is 0.333. The van der Waals surface area contributed by atoms with Crippen molar-refractivity contribution in [3.05, 3.63) is 23.7 Å². The van der Waals surface area contributed by atoms with Crippen molar-refractivity contribution in [3.63, 3.8) is 0 Å². The van der Waals surface area contributed by atoms with Gasteiger partial charge in [0.15, 0.2) is 0 Å². The molecule has 0 radical (unpaired) electrons. The summed E-state index contributed by atoms with van der Waals surface area (Å²) < 4.78 is 9.99. The van der Waals surface area contributed by atoms with Gasteiger partial charge in [-0.05, 0) is 12.1 Å². The van der Waals surface area contributed by atoms with Gasteiger partial charge in [0, 0.05) is 14.0 Å². The maximum absolute atomic E-state index is 10.5. The fourth-order valence-electron chi connectivity index (χ4n) is 0.841. The first-order valence-corrected chi connectivity index (χ1v) is 3.86. The van der Waals surface area contributed by atoms with Gasteiger partial charge >= 0.3 is 5.97 Å². The summed E-state index contributed by atoms with van der Waals surface area (Å²) >= 11 is 0. The molecular weight excluding hydrogens is 170 g/mol. The van der Waals surface area contributed by atoms with Crippen molar-refractivity contribution in [2.45, 2.75) is 13.5 Å². The molecule has 0 N–H and O–H groups in total. The monoisotopic (exact) mass is 181 g/mol. The van der Waals surface area contributed by atoms with Crippen LogP contribution in [-0.4, -0.2) is 19.2 Å². The van der Waals surface area contributed by atoms with E-state index in [1.54, 1.807) is 25.4 Å². The van der Waals surface area contributed by atoms with Gasteiger partial charge in [-0.25, -0.2) is 0 Å². The standard InChI is InChI=1S/C9H11NO3/c1-7(11)12-6-9-4-3-8(13-9)5-10-2/h3-5H,6H2,1-2H3/b10-5+. The molecule has 0 aliphatic rings. The maximum atomic E-state index is 10.5. The zero-order valence-electron chi connectivity index (χ0n) is 7.61. The summed E-state index contributed by atoms with van der Waals surface area (Å²) in [6.07, 6.45) is 1.59. The summed E-state index contributed by atoms with van der Waals surface area (Å²) in [4.78, 5) is 14.2. The van der Waals surface area contributed by atoms with Crippen molar-refractivity contribution in [3.8, 4) is 0 Å². The highest BCUT2D eigenvalue weighted by molar-refractivity contribution is 5.75. The van der Waals surface area contributed by atoms with Crippen LogP contribution < -0.4 is 0 Å². The first-order valence-electron chi connectivity index (χ1n) is 3.86. The summed E-state index contributed by atoms with van der Waals surface area (Å²) in [5.74, 6) is 0.955. The minimum Gasteiger partial charge on any atom is -0.458 e. The first-order chi connectivity index (χ1) is 6.22. The molecule has 4 heteroatoms. The van der Waals surface area contributed by atoms with Crippen LogP contribution in [0.3, 0.4) is 0 Å². The van der Waals surface area contributed by atoms with Crippen molar-refractivity contribution < 1.29 is 13.9 Å². The number of carbonyl (C=O) groups is 1. The van der Waals surface area contributed by atoms with E-state index in [4.69, 9.17) is 9.15 Å². The Bertz CT molecular complexity index is 314. The number of furan rings is 1. The van der Waals surface area contributed by atoms with Gasteiger partial charge < -0.3 is 9.15 Å². The second-order valence-electron chi connectivity index (χ2n) is 2.47. The van der Waals surface area contributed by atoms with E-state index < -0.39 is 0 Å². The van der Waals surface area contributed by atoms with Gasteiger partial charge in [0.25, 0.3) is 0 Å². The molecule has 1 heterocycles. The zero-order chi connectivity index (χ0) is 9.68. The lowest BCUT2D eigenvalue weighted by atomic mass is 10.4. The van der Waals surface area contributed by atoms with Gasteiger partial charge in [-0.15, -0.1) is 0 Å². The van der Waals surface area contributed by atoms with Crippen molar-refractivity contribution in [1.29, 1.82) is 0 Å². The molecule has 0 bridgehead atoms. The van der Waals surface area contributed by atoms with Crippen molar-refractivity contribution in [1.82, 2.24) is 0 Å². The lowest BCUT2D eigenvalue weighted by Gasteiger charge is -1.96. The molecule has 0 unspecified atom stereocenters. The summed E-state index contributed by atoms with van der Waals surface area (Å²) in [6.45, 7) is 1.53. The van der Waals surface area contributed by atoms with Gasteiger partial charge in [-0.2, -0.15) is 0 Å². The molecule has 0 saturated carbocycles. The number of ether oxygens (including phenoxy) is 1. The van der Waals surface area contributed by atoms with E-state index in [2.05, 4.69) is 4.99 Å². The number of hydrogen-bond acceptors (Lipinski definition) is 4. The van der Waals surface area contributed by atoms with Crippen LogP contribution in [0.5, 0.6) is 0 Å². The zero-order valence-corrected chi connectivity index (χ0v) is 7.61. The van der Waals surface area contributed by atoms with E-state index in [1.807, 2.05) is 0 Å². The molecule has 1 aromatic heterocycles. The van der Waals surface area contributed by atoms with Crippen molar-refractivity contribution in [2.75, 3.05) is 7.05 Å². The Balaban J connectivity index is 2.53. The first kappa shape index (κ1) is 9.51. The molecule has 0 spiro atoms. The van der Waals surface area contributed by atoms with Gasteiger partial charge in [-0.3, -0.25) is 9.79 Å². The van der Waals surface area contributed by atoms with Crippen LogP contribution in [0, 0.1) is 0 Å². The van der Waals surface area contributed by atoms with Crippen LogP contribution in [0.4, 0.5) is 0 Å². The predicted molar refractivity (Wildman–Crippen MR) is 47.7 cm³/mol. The summed E-state index contributed by atoms with van der Waals surface area (Å²) in [7, 11) is 1.66. The largest absolute Gasteiger partial charge is 0.458 e. The molecule has 0 aliphatic carbocycles. The Kier molecular flexibility index (Phi) is 3.25. The molecule has 0 fully saturated rings. The van der Waals surface area contributed by atoms with Crippen LogP contribution in [0.2, 0.25) is 0 Å². The average molecular weight is 181 g/mol.